The first-order valence-corrected chi connectivity index (χ1v) is 12.9. The van der Waals surface area contributed by atoms with Gasteiger partial charge in [-0.1, -0.05) is 57.2 Å². The first kappa shape index (κ1) is 26.6. The Morgan fingerprint density at radius 3 is 1.91 bits per heavy atom. The Kier molecular flexibility index (Phi) is 9.70. The number of nitrogens with zero attached hydrogens (tertiary/aromatic N) is 1. The van der Waals surface area contributed by atoms with Gasteiger partial charge in [0.05, 0.1) is 24.5 Å². The summed E-state index contributed by atoms with van der Waals surface area (Å²) in [5.74, 6) is -0.414. The van der Waals surface area contributed by atoms with Crippen molar-refractivity contribution < 1.29 is 27.7 Å². The Bertz CT molecular complexity index is 1110. The van der Waals surface area contributed by atoms with Crippen molar-refractivity contribution in [2.24, 2.45) is 0 Å². The monoisotopic (exact) mass is 473 g/mol. The summed E-state index contributed by atoms with van der Waals surface area (Å²) in [4.78, 5) is -0.497. The number of hydrogen-bond donors (Lipinski definition) is 2. The quantitative estimate of drug-likeness (QED) is 0.321. The van der Waals surface area contributed by atoms with Crippen LogP contribution in [-0.2, 0) is 16.7 Å². The molecule has 0 unspecified atom stereocenters. The van der Waals surface area contributed by atoms with Gasteiger partial charge in [-0.3, -0.25) is 0 Å². The molecule has 7 heteroatoms. The number of aromatic hydroxyl groups is 2. The smallest absolute Gasteiger partial charge is 0.124 e. The van der Waals surface area contributed by atoms with E-state index in [9.17, 15) is 23.2 Å². The van der Waals surface area contributed by atoms with Crippen molar-refractivity contribution in [2.45, 2.75) is 51.5 Å². The summed E-state index contributed by atoms with van der Waals surface area (Å²) in [5, 5.41) is 19.4. The molecule has 0 saturated heterocycles. The van der Waals surface area contributed by atoms with Crippen LogP contribution in [-0.4, -0.2) is 47.3 Å². The molecular formula is C26H35NO5S. The lowest BCUT2D eigenvalue weighted by molar-refractivity contribution is -0.941. The van der Waals surface area contributed by atoms with Gasteiger partial charge < -0.3 is 19.2 Å². The third-order valence-corrected chi connectivity index (χ3v) is 6.45. The van der Waals surface area contributed by atoms with Crippen LogP contribution in [0, 0.1) is 0 Å². The second kappa shape index (κ2) is 12.0. The van der Waals surface area contributed by atoms with E-state index in [1.807, 2.05) is 0 Å². The number of quaternary nitrogens is 1. The Morgan fingerprint density at radius 2 is 1.39 bits per heavy atom. The molecule has 0 fully saturated rings. The topological polar surface area (TPSA) is 97.7 Å². The molecule has 0 spiro atoms. The molecule has 0 heterocycles. The highest BCUT2D eigenvalue weighted by atomic mass is 32.2. The Morgan fingerprint density at radius 1 is 0.818 bits per heavy atom. The SMILES string of the molecule is CCC[N+](CCC)(CCC)Cc1ccccc1.O=S(=O)([O-])c1cc(O)c2cc(O)ccc2c1. The predicted octanol–water partition coefficient (Wildman–Crippen LogP) is 5.39. The predicted molar refractivity (Wildman–Crippen MR) is 131 cm³/mol. The highest BCUT2D eigenvalue weighted by Crippen LogP contribution is 2.31. The van der Waals surface area contributed by atoms with Gasteiger partial charge in [0.2, 0.25) is 0 Å². The first-order valence-electron chi connectivity index (χ1n) is 11.4. The molecule has 0 radical (unpaired) electrons. The second-order valence-electron chi connectivity index (χ2n) is 8.46. The summed E-state index contributed by atoms with van der Waals surface area (Å²) in [6.07, 6.45) is 3.85. The Labute approximate surface area is 197 Å². The molecule has 0 aliphatic rings. The van der Waals surface area contributed by atoms with Gasteiger partial charge in [0.1, 0.15) is 28.2 Å². The number of phenolic OH excluding ortho intramolecular Hbond substituents is 2. The van der Waals surface area contributed by atoms with E-state index in [1.54, 1.807) is 0 Å². The average molecular weight is 474 g/mol. The van der Waals surface area contributed by atoms with Crippen LogP contribution >= 0.6 is 0 Å². The van der Waals surface area contributed by atoms with E-state index < -0.39 is 15.0 Å². The van der Waals surface area contributed by atoms with Crippen molar-refractivity contribution in [3.63, 3.8) is 0 Å². The molecule has 6 nitrogen and oxygen atoms in total. The molecule has 3 aromatic rings. The fourth-order valence-corrected chi connectivity index (χ4v) is 4.94. The molecule has 0 atom stereocenters. The minimum atomic E-state index is -4.60. The van der Waals surface area contributed by atoms with E-state index in [1.165, 1.54) is 73.7 Å². The van der Waals surface area contributed by atoms with Gasteiger partial charge in [0.25, 0.3) is 0 Å². The van der Waals surface area contributed by atoms with Crippen molar-refractivity contribution >= 4 is 20.9 Å². The van der Waals surface area contributed by atoms with Crippen molar-refractivity contribution in [1.82, 2.24) is 0 Å². The standard InChI is InChI=1S/C16H28N.C10H8O5S/c1-4-12-17(13-5-2,14-6-3)15-16-10-8-7-9-11-16;11-7-2-1-6-3-8(16(13,14)15)5-10(12)9(6)4-7/h7-11H,4-6,12-15H2,1-3H3;1-5,11-12H,(H,13,14,15)/q+1;/p-1. The largest absolute Gasteiger partial charge is 0.744 e. The van der Waals surface area contributed by atoms with E-state index in [0.29, 0.717) is 5.39 Å². The number of benzene rings is 3. The van der Waals surface area contributed by atoms with Gasteiger partial charge in [-0.25, -0.2) is 8.42 Å². The van der Waals surface area contributed by atoms with E-state index >= 15 is 0 Å². The van der Waals surface area contributed by atoms with Crippen molar-refractivity contribution in [1.29, 1.82) is 0 Å². The average Bonchev–Trinajstić information content (AvgIpc) is 2.75. The molecule has 0 aliphatic heterocycles. The molecule has 2 N–H and O–H groups in total. The minimum absolute atomic E-state index is 0.0551. The fourth-order valence-electron chi connectivity index (χ4n) is 4.41. The van der Waals surface area contributed by atoms with Crippen LogP contribution in [0.4, 0.5) is 0 Å². The van der Waals surface area contributed by atoms with Crippen LogP contribution in [0.15, 0.2) is 65.6 Å². The molecule has 0 saturated carbocycles. The normalized spacial score (nSPS) is 11.8. The molecule has 33 heavy (non-hydrogen) atoms. The van der Waals surface area contributed by atoms with Crippen molar-refractivity contribution in [3.05, 3.63) is 66.2 Å². The third kappa shape index (κ3) is 7.74. The summed E-state index contributed by atoms with van der Waals surface area (Å²) >= 11 is 0. The molecule has 3 aromatic carbocycles. The third-order valence-electron chi connectivity index (χ3n) is 5.63. The zero-order valence-electron chi connectivity index (χ0n) is 19.7. The second-order valence-corrected chi connectivity index (χ2v) is 9.84. The van der Waals surface area contributed by atoms with Crippen molar-refractivity contribution in [2.75, 3.05) is 19.6 Å². The lowest BCUT2D eigenvalue weighted by Gasteiger charge is -2.38. The molecule has 0 aromatic heterocycles. The van der Waals surface area contributed by atoms with Gasteiger partial charge in [-0.05, 0) is 48.9 Å². The van der Waals surface area contributed by atoms with Crippen LogP contribution < -0.4 is 0 Å². The van der Waals surface area contributed by atoms with E-state index in [0.717, 1.165) is 12.1 Å². The van der Waals surface area contributed by atoms with Gasteiger partial charge in [-0.15, -0.1) is 0 Å². The molecule has 3 rings (SSSR count). The maximum absolute atomic E-state index is 10.8. The summed E-state index contributed by atoms with van der Waals surface area (Å²) in [6, 6.07) is 17.0. The van der Waals surface area contributed by atoms with Gasteiger partial charge >= 0.3 is 0 Å². The van der Waals surface area contributed by atoms with E-state index in [-0.39, 0.29) is 16.9 Å². The first-order chi connectivity index (χ1) is 15.6. The minimum Gasteiger partial charge on any atom is -0.744 e. The van der Waals surface area contributed by atoms with Gasteiger partial charge in [0, 0.05) is 10.9 Å². The van der Waals surface area contributed by atoms with Gasteiger partial charge in [0.15, 0.2) is 0 Å². The molecule has 0 bridgehead atoms. The van der Waals surface area contributed by atoms with Crippen LogP contribution in [0.25, 0.3) is 10.8 Å². The maximum Gasteiger partial charge on any atom is 0.124 e. The number of rotatable bonds is 9. The summed E-state index contributed by atoms with van der Waals surface area (Å²) < 4.78 is 33.6. The Balaban J connectivity index is 0.000000234. The maximum atomic E-state index is 10.8. The zero-order chi connectivity index (χ0) is 24.5. The van der Waals surface area contributed by atoms with E-state index in [2.05, 4.69) is 51.1 Å². The van der Waals surface area contributed by atoms with Crippen molar-refractivity contribution in [3.8, 4) is 11.5 Å². The van der Waals surface area contributed by atoms with Crippen LogP contribution in [0.2, 0.25) is 0 Å². The Hall–Kier alpha value is -2.61. The summed E-state index contributed by atoms with van der Waals surface area (Å²) in [7, 11) is -4.60. The van der Waals surface area contributed by atoms with Crippen LogP contribution in [0.1, 0.15) is 45.6 Å². The summed E-state index contributed by atoms with van der Waals surface area (Å²) in [5.41, 5.74) is 1.49. The lowest BCUT2D eigenvalue weighted by atomic mass is 10.1. The molecule has 180 valence electrons. The summed E-state index contributed by atoms with van der Waals surface area (Å²) in [6.45, 7) is 12.1. The number of hydrogen-bond acceptors (Lipinski definition) is 5. The molecule has 0 amide bonds. The lowest BCUT2D eigenvalue weighted by Crippen LogP contribution is -2.48. The highest BCUT2D eigenvalue weighted by Gasteiger charge is 2.24. The highest BCUT2D eigenvalue weighted by molar-refractivity contribution is 7.85. The van der Waals surface area contributed by atoms with Gasteiger partial charge in [-0.2, -0.15) is 0 Å². The molecule has 0 aliphatic carbocycles. The number of phenols is 2. The van der Waals surface area contributed by atoms with E-state index in [4.69, 9.17) is 0 Å². The molecular weight excluding hydrogens is 438 g/mol. The number of fused-ring (bicyclic) bond motifs is 1. The van der Waals surface area contributed by atoms with Crippen LogP contribution in [0.5, 0.6) is 11.5 Å². The van der Waals surface area contributed by atoms with Crippen LogP contribution in [0.3, 0.4) is 0 Å². The fraction of sp³-hybridized carbons (Fsp3) is 0.385. The zero-order valence-corrected chi connectivity index (χ0v) is 20.5.